The SMILES string of the molecule is Cc1cc(-c2nc(-c3cc(S(=O)(=O)NC[C@@H]4CCNC4)ccc3C)cnc2N)ccn1. The highest BCUT2D eigenvalue weighted by atomic mass is 32.2. The summed E-state index contributed by atoms with van der Waals surface area (Å²) >= 11 is 0. The van der Waals surface area contributed by atoms with Crippen molar-refractivity contribution in [1.29, 1.82) is 0 Å². The Morgan fingerprint density at radius 1 is 1.19 bits per heavy atom. The summed E-state index contributed by atoms with van der Waals surface area (Å²) in [6.07, 6.45) is 4.24. The Hall–Kier alpha value is -2.88. The van der Waals surface area contributed by atoms with Crippen LogP contribution in [-0.2, 0) is 10.0 Å². The van der Waals surface area contributed by atoms with E-state index in [0.717, 1.165) is 36.3 Å². The molecule has 3 aromatic rings. The number of pyridine rings is 1. The molecule has 31 heavy (non-hydrogen) atoms. The van der Waals surface area contributed by atoms with Crippen LogP contribution >= 0.6 is 0 Å². The highest BCUT2D eigenvalue weighted by Crippen LogP contribution is 2.29. The molecule has 0 bridgehead atoms. The molecule has 8 nitrogen and oxygen atoms in total. The van der Waals surface area contributed by atoms with E-state index >= 15 is 0 Å². The molecule has 0 unspecified atom stereocenters. The van der Waals surface area contributed by atoms with E-state index in [1.165, 1.54) is 0 Å². The lowest BCUT2D eigenvalue weighted by atomic mass is 10.1. The molecule has 1 atom stereocenters. The van der Waals surface area contributed by atoms with Crippen LogP contribution in [0.2, 0.25) is 0 Å². The van der Waals surface area contributed by atoms with Crippen LogP contribution in [-0.4, -0.2) is 43.0 Å². The van der Waals surface area contributed by atoms with Crippen molar-refractivity contribution in [2.75, 3.05) is 25.4 Å². The minimum absolute atomic E-state index is 0.207. The summed E-state index contributed by atoms with van der Waals surface area (Å²) in [4.78, 5) is 13.4. The van der Waals surface area contributed by atoms with Gasteiger partial charge in [-0.05, 0) is 69.1 Å². The Morgan fingerprint density at radius 2 is 2.03 bits per heavy atom. The van der Waals surface area contributed by atoms with Crippen molar-refractivity contribution in [2.24, 2.45) is 5.92 Å². The summed E-state index contributed by atoms with van der Waals surface area (Å²) in [6, 6.07) is 8.76. The zero-order valence-corrected chi connectivity index (χ0v) is 18.4. The maximum atomic E-state index is 12.9. The third-order valence-electron chi connectivity index (χ3n) is 5.49. The molecule has 1 aliphatic heterocycles. The second kappa shape index (κ2) is 8.70. The third kappa shape index (κ3) is 4.73. The van der Waals surface area contributed by atoms with Gasteiger partial charge in [-0.25, -0.2) is 23.1 Å². The summed E-state index contributed by atoms with van der Waals surface area (Å²) in [6.45, 7) is 5.99. The summed E-state index contributed by atoms with van der Waals surface area (Å²) in [5.74, 6) is 0.622. The Bertz CT molecular complexity index is 1210. The number of nitrogens with two attached hydrogens (primary N) is 1. The van der Waals surface area contributed by atoms with Gasteiger partial charge in [0.25, 0.3) is 0 Å². The van der Waals surface area contributed by atoms with E-state index in [-0.39, 0.29) is 4.90 Å². The maximum absolute atomic E-state index is 12.9. The van der Waals surface area contributed by atoms with Gasteiger partial charge in [-0.3, -0.25) is 4.98 Å². The summed E-state index contributed by atoms with van der Waals surface area (Å²) < 4.78 is 28.5. The molecule has 0 saturated carbocycles. The van der Waals surface area contributed by atoms with E-state index < -0.39 is 10.0 Å². The van der Waals surface area contributed by atoms with E-state index in [2.05, 4.69) is 20.0 Å². The first-order chi connectivity index (χ1) is 14.8. The third-order valence-corrected chi connectivity index (χ3v) is 6.91. The van der Waals surface area contributed by atoms with Crippen molar-refractivity contribution < 1.29 is 8.42 Å². The molecule has 1 saturated heterocycles. The molecule has 2 aromatic heterocycles. The van der Waals surface area contributed by atoms with E-state index in [9.17, 15) is 8.42 Å². The smallest absolute Gasteiger partial charge is 0.240 e. The number of rotatable bonds is 6. The largest absolute Gasteiger partial charge is 0.382 e. The number of sulfonamides is 1. The average molecular weight is 439 g/mol. The van der Waals surface area contributed by atoms with Gasteiger partial charge in [0.15, 0.2) is 0 Å². The highest BCUT2D eigenvalue weighted by molar-refractivity contribution is 7.89. The van der Waals surface area contributed by atoms with Gasteiger partial charge in [-0.1, -0.05) is 6.07 Å². The number of nitrogens with zero attached hydrogens (tertiary/aromatic N) is 3. The number of nitrogen functional groups attached to an aromatic ring is 1. The van der Waals surface area contributed by atoms with E-state index in [1.54, 1.807) is 30.6 Å². The molecule has 0 spiro atoms. The van der Waals surface area contributed by atoms with E-state index in [1.807, 2.05) is 26.0 Å². The van der Waals surface area contributed by atoms with Gasteiger partial charge >= 0.3 is 0 Å². The Labute approximate surface area is 182 Å². The minimum atomic E-state index is -3.63. The molecule has 9 heteroatoms. The van der Waals surface area contributed by atoms with Gasteiger partial charge in [0.1, 0.15) is 11.5 Å². The number of nitrogens with one attached hydrogen (secondary N) is 2. The molecule has 162 valence electrons. The quantitative estimate of drug-likeness (QED) is 0.539. The molecule has 4 N–H and O–H groups in total. The zero-order chi connectivity index (χ0) is 22.0. The normalized spacial score (nSPS) is 16.5. The fourth-order valence-corrected chi connectivity index (χ4v) is 4.82. The average Bonchev–Trinajstić information content (AvgIpc) is 3.27. The highest BCUT2D eigenvalue weighted by Gasteiger charge is 2.21. The molecule has 1 aliphatic rings. The van der Waals surface area contributed by atoms with Gasteiger partial charge in [0.05, 0.1) is 16.8 Å². The van der Waals surface area contributed by atoms with Gasteiger partial charge in [-0.15, -0.1) is 0 Å². The molecule has 1 aromatic carbocycles. The summed E-state index contributed by atoms with van der Waals surface area (Å²) in [5, 5.41) is 3.25. The first-order valence-corrected chi connectivity index (χ1v) is 11.7. The van der Waals surface area contributed by atoms with E-state index in [4.69, 9.17) is 10.7 Å². The first-order valence-electron chi connectivity index (χ1n) is 10.2. The van der Waals surface area contributed by atoms with Crippen LogP contribution < -0.4 is 15.8 Å². The van der Waals surface area contributed by atoms with Gasteiger partial charge < -0.3 is 11.1 Å². The summed E-state index contributed by atoms with van der Waals surface area (Å²) in [5.41, 5.74) is 10.4. The second-order valence-electron chi connectivity index (χ2n) is 7.86. The van der Waals surface area contributed by atoms with Crippen LogP contribution in [0.25, 0.3) is 22.5 Å². The van der Waals surface area contributed by atoms with Crippen LogP contribution in [0, 0.1) is 19.8 Å². The van der Waals surface area contributed by atoms with Crippen molar-refractivity contribution in [1.82, 2.24) is 25.0 Å². The van der Waals surface area contributed by atoms with Crippen LogP contribution in [0.5, 0.6) is 0 Å². The lowest BCUT2D eigenvalue weighted by molar-refractivity contribution is 0.539. The number of hydrogen-bond acceptors (Lipinski definition) is 7. The van der Waals surface area contributed by atoms with Crippen molar-refractivity contribution in [3.05, 3.63) is 54.0 Å². The molecule has 0 amide bonds. The molecular weight excluding hydrogens is 412 g/mol. The fourth-order valence-electron chi connectivity index (χ4n) is 3.68. The fraction of sp³-hybridized carbons (Fsp3) is 0.318. The first kappa shape index (κ1) is 21.4. The van der Waals surface area contributed by atoms with Crippen LogP contribution in [0.4, 0.5) is 5.82 Å². The van der Waals surface area contributed by atoms with Crippen LogP contribution in [0.1, 0.15) is 17.7 Å². The Morgan fingerprint density at radius 3 is 2.77 bits per heavy atom. The second-order valence-corrected chi connectivity index (χ2v) is 9.63. The molecule has 3 heterocycles. The van der Waals surface area contributed by atoms with E-state index in [0.29, 0.717) is 35.2 Å². The van der Waals surface area contributed by atoms with Crippen molar-refractivity contribution >= 4 is 15.8 Å². The van der Waals surface area contributed by atoms with Crippen molar-refractivity contribution in [2.45, 2.75) is 25.2 Å². The number of aryl methyl sites for hydroxylation is 2. The molecule has 0 radical (unpaired) electrons. The molecule has 1 fully saturated rings. The van der Waals surface area contributed by atoms with Crippen LogP contribution in [0.3, 0.4) is 0 Å². The molecule has 4 rings (SSSR count). The molecule has 0 aliphatic carbocycles. The number of benzene rings is 1. The number of hydrogen-bond donors (Lipinski definition) is 3. The van der Waals surface area contributed by atoms with Crippen molar-refractivity contribution in [3.63, 3.8) is 0 Å². The Kier molecular flexibility index (Phi) is 5.99. The lowest BCUT2D eigenvalue weighted by Gasteiger charge is -2.13. The minimum Gasteiger partial charge on any atom is -0.382 e. The molecular formula is C22H26N6O2S. The maximum Gasteiger partial charge on any atom is 0.240 e. The summed E-state index contributed by atoms with van der Waals surface area (Å²) in [7, 11) is -3.63. The predicted molar refractivity (Wildman–Crippen MR) is 121 cm³/mol. The number of aromatic nitrogens is 3. The standard InChI is InChI=1S/C22H26N6O2S/c1-14-3-4-18(31(29,30)27-12-16-5-7-24-11-16)10-19(14)20-13-26-22(23)21(28-20)17-6-8-25-15(2)9-17/h3-4,6,8-10,13,16,24,27H,5,7,11-12H2,1-2H3,(H2,23,26)/t16-/m1/s1. The monoisotopic (exact) mass is 438 g/mol. The van der Waals surface area contributed by atoms with Gasteiger partial charge in [-0.2, -0.15) is 0 Å². The lowest BCUT2D eigenvalue weighted by Crippen LogP contribution is -2.30. The predicted octanol–water partition coefficient (Wildman–Crippen LogP) is 2.29. The van der Waals surface area contributed by atoms with Gasteiger partial charge in [0, 0.05) is 29.6 Å². The number of anilines is 1. The zero-order valence-electron chi connectivity index (χ0n) is 17.6. The Balaban J connectivity index is 1.68. The van der Waals surface area contributed by atoms with Crippen molar-refractivity contribution in [3.8, 4) is 22.5 Å². The van der Waals surface area contributed by atoms with Gasteiger partial charge in [0.2, 0.25) is 10.0 Å². The van der Waals surface area contributed by atoms with Crippen LogP contribution in [0.15, 0.2) is 47.6 Å². The topological polar surface area (TPSA) is 123 Å².